The lowest BCUT2D eigenvalue weighted by Gasteiger charge is -2.16. The van der Waals surface area contributed by atoms with Gasteiger partial charge in [0.05, 0.1) is 6.61 Å². The van der Waals surface area contributed by atoms with E-state index in [4.69, 9.17) is 9.84 Å². The maximum Gasteiger partial charge on any atom is 0.326 e. The highest BCUT2D eigenvalue weighted by Crippen LogP contribution is 2.14. The molecule has 0 radical (unpaired) electrons. The lowest BCUT2D eigenvalue weighted by molar-refractivity contribution is -0.142. The van der Waals surface area contributed by atoms with Crippen LogP contribution in [0.25, 0.3) is 0 Å². The normalized spacial score (nSPS) is 12.0. The molecule has 0 aliphatic heterocycles. The van der Waals surface area contributed by atoms with Crippen LogP contribution < -0.4 is 10.1 Å². The molecule has 1 amide bonds. The molecule has 0 spiro atoms. The Balaban J connectivity index is 2.31. The van der Waals surface area contributed by atoms with Gasteiger partial charge in [-0.05, 0) is 42.9 Å². The Kier molecular flexibility index (Phi) is 8.16. The fourth-order valence-corrected chi connectivity index (χ4v) is 2.24. The van der Waals surface area contributed by atoms with Gasteiger partial charge in [-0.15, -0.1) is 0 Å². The molecule has 0 fully saturated rings. The van der Waals surface area contributed by atoms with Crippen molar-refractivity contribution < 1.29 is 19.4 Å². The fourth-order valence-electron chi connectivity index (χ4n) is 2.24. The molecule has 128 valence electrons. The second-order valence-corrected chi connectivity index (χ2v) is 6.04. The first-order valence-electron chi connectivity index (χ1n) is 8.16. The van der Waals surface area contributed by atoms with Crippen LogP contribution in [0.1, 0.15) is 45.6 Å². The monoisotopic (exact) mass is 321 g/mol. The van der Waals surface area contributed by atoms with Crippen molar-refractivity contribution in [2.24, 2.45) is 5.92 Å². The van der Waals surface area contributed by atoms with Gasteiger partial charge in [-0.2, -0.15) is 0 Å². The summed E-state index contributed by atoms with van der Waals surface area (Å²) in [5.41, 5.74) is 1.21. The first kappa shape index (κ1) is 19.0. The molecular formula is C18H27NO4. The van der Waals surface area contributed by atoms with Crippen molar-refractivity contribution in [3.63, 3.8) is 0 Å². The predicted molar refractivity (Wildman–Crippen MR) is 89.6 cm³/mol. The van der Waals surface area contributed by atoms with Crippen LogP contribution in [0.4, 0.5) is 0 Å². The third-order valence-electron chi connectivity index (χ3n) is 3.46. The highest BCUT2D eigenvalue weighted by Gasteiger charge is 2.20. The molecule has 1 aromatic carbocycles. The molecule has 2 N–H and O–H groups in total. The smallest absolute Gasteiger partial charge is 0.326 e. The number of carboxylic acid groups (broad SMARTS) is 1. The van der Waals surface area contributed by atoms with E-state index in [1.807, 2.05) is 38.1 Å². The zero-order chi connectivity index (χ0) is 17.2. The molecule has 1 rings (SSSR count). The summed E-state index contributed by atoms with van der Waals surface area (Å²) in [7, 11) is 0. The lowest BCUT2D eigenvalue weighted by atomic mass is 10.0. The Morgan fingerprint density at radius 2 is 2.04 bits per heavy atom. The number of ether oxygens (including phenoxy) is 1. The Labute approximate surface area is 138 Å². The van der Waals surface area contributed by atoms with Crippen molar-refractivity contribution in [2.45, 2.75) is 52.5 Å². The Morgan fingerprint density at radius 1 is 1.30 bits per heavy atom. The van der Waals surface area contributed by atoms with Crippen LogP contribution in [-0.2, 0) is 16.0 Å². The van der Waals surface area contributed by atoms with Crippen molar-refractivity contribution in [2.75, 3.05) is 6.61 Å². The second-order valence-electron chi connectivity index (χ2n) is 6.04. The number of aliphatic carboxylic acids is 1. The number of carbonyl (C=O) groups excluding carboxylic acids is 1. The van der Waals surface area contributed by atoms with Gasteiger partial charge in [-0.25, -0.2) is 4.79 Å². The number of rotatable bonds is 10. The number of hydrogen-bond donors (Lipinski definition) is 2. The molecule has 1 aromatic rings. The molecule has 0 saturated heterocycles. The van der Waals surface area contributed by atoms with E-state index in [9.17, 15) is 9.59 Å². The number of aryl methyl sites for hydroxylation is 1. The molecule has 5 heteroatoms. The van der Waals surface area contributed by atoms with Crippen molar-refractivity contribution in [1.29, 1.82) is 0 Å². The van der Waals surface area contributed by atoms with Crippen molar-refractivity contribution in [1.82, 2.24) is 5.32 Å². The molecule has 5 nitrogen and oxygen atoms in total. The molecular weight excluding hydrogens is 294 g/mol. The molecule has 0 aromatic heterocycles. The summed E-state index contributed by atoms with van der Waals surface area (Å²) in [4.78, 5) is 22.9. The molecule has 23 heavy (non-hydrogen) atoms. The average molecular weight is 321 g/mol. The molecule has 1 atom stereocenters. The largest absolute Gasteiger partial charge is 0.494 e. The van der Waals surface area contributed by atoms with E-state index in [0.717, 1.165) is 12.2 Å². The number of nitrogens with one attached hydrogen (secondary N) is 1. The van der Waals surface area contributed by atoms with E-state index in [2.05, 4.69) is 12.2 Å². The Hall–Kier alpha value is -2.04. The van der Waals surface area contributed by atoms with E-state index >= 15 is 0 Å². The third-order valence-corrected chi connectivity index (χ3v) is 3.46. The maximum atomic E-state index is 11.8. The highest BCUT2D eigenvalue weighted by atomic mass is 16.5. The fraction of sp³-hybridized carbons (Fsp3) is 0.556. The van der Waals surface area contributed by atoms with Gasteiger partial charge in [-0.3, -0.25) is 4.79 Å². The zero-order valence-electron chi connectivity index (χ0n) is 14.2. The first-order valence-corrected chi connectivity index (χ1v) is 8.16. The molecule has 0 heterocycles. The average Bonchev–Trinajstić information content (AvgIpc) is 2.50. The van der Waals surface area contributed by atoms with E-state index in [-0.39, 0.29) is 18.2 Å². The number of carboxylic acids is 1. The van der Waals surface area contributed by atoms with Gasteiger partial charge < -0.3 is 15.2 Å². The van der Waals surface area contributed by atoms with Crippen LogP contribution in [0.3, 0.4) is 0 Å². The highest BCUT2D eigenvalue weighted by molar-refractivity contribution is 5.83. The number of carbonyl (C=O) groups is 2. The third kappa shape index (κ3) is 7.68. The van der Waals surface area contributed by atoms with Crippen LogP contribution in [-0.4, -0.2) is 29.6 Å². The standard InChI is InChI=1S/C18H27NO4/c1-4-14-7-5-8-15(12-14)23-10-6-9-17(20)19-16(18(21)22)11-13(2)3/h5,7-8,12-13,16H,4,6,9-11H2,1-3H3,(H,19,20)(H,21,22). The summed E-state index contributed by atoms with van der Waals surface area (Å²) in [5.74, 6) is -0.220. The Bertz CT molecular complexity index is 513. The van der Waals surface area contributed by atoms with E-state index < -0.39 is 12.0 Å². The predicted octanol–water partition coefficient (Wildman–Crippen LogP) is 3.02. The summed E-state index contributed by atoms with van der Waals surface area (Å²) in [6.45, 7) is 6.38. The summed E-state index contributed by atoms with van der Waals surface area (Å²) in [6, 6.07) is 7.06. The summed E-state index contributed by atoms with van der Waals surface area (Å²) in [6.07, 6.45) is 2.19. The topological polar surface area (TPSA) is 75.6 Å². The SMILES string of the molecule is CCc1cccc(OCCCC(=O)NC(CC(C)C)C(=O)O)c1. The van der Waals surface area contributed by atoms with Gasteiger partial charge in [0, 0.05) is 6.42 Å². The van der Waals surface area contributed by atoms with Crippen LogP contribution in [0.15, 0.2) is 24.3 Å². The van der Waals surface area contributed by atoms with Crippen molar-refractivity contribution in [3.05, 3.63) is 29.8 Å². The molecule has 1 unspecified atom stereocenters. The summed E-state index contributed by atoms with van der Waals surface area (Å²) < 4.78 is 5.62. The minimum atomic E-state index is -0.986. The zero-order valence-corrected chi connectivity index (χ0v) is 14.2. The van der Waals surface area contributed by atoms with Crippen LogP contribution in [0.5, 0.6) is 5.75 Å². The quantitative estimate of drug-likeness (QED) is 0.650. The minimum absolute atomic E-state index is 0.213. The van der Waals surface area contributed by atoms with E-state index in [1.165, 1.54) is 5.56 Å². The van der Waals surface area contributed by atoms with Crippen LogP contribution in [0, 0.1) is 5.92 Å². The maximum absolute atomic E-state index is 11.8. The molecule has 0 bridgehead atoms. The summed E-state index contributed by atoms with van der Waals surface area (Å²) in [5, 5.41) is 11.7. The van der Waals surface area contributed by atoms with E-state index in [1.54, 1.807) is 0 Å². The number of amides is 1. The van der Waals surface area contributed by atoms with Gasteiger partial charge >= 0.3 is 5.97 Å². The minimum Gasteiger partial charge on any atom is -0.494 e. The molecule has 0 saturated carbocycles. The van der Waals surface area contributed by atoms with Crippen molar-refractivity contribution in [3.8, 4) is 5.75 Å². The van der Waals surface area contributed by atoms with Gasteiger partial charge in [-0.1, -0.05) is 32.9 Å². The lowest BCUT2D eigenvalue weighted by Crippen LogP contribution is -2.41. The number of hydrogen-bond acceptors (Lipinski definition) is 3. The van der Waals surface area contributed by atoms with E-state index in [0.29, 0.717) is 19.4 Å². The van der Waals surface area contributed by atoms with Crippen molar-refractivity contribution >= 4 is 11.9 Å². The van der Waals surface area contributed by atoms with Crippen LogP contribution >= 0.6 is 0 Å². The number of benzene rings is 1. The van der Waals surface area contributed by atoms with Gasteiger partial charge in [0.25, 0.3) is 0 Å². The van der Waals surface area contributed by atoms with Gasteiger partial charge in [0.1, 0.15) is 11.8 Å². The summed E-state index contributed by atoms with van der Waals surface area (Å²) >= 11 is 0. The second kappa shape index (κ2) is 9.87. The Morgan fingerprint density at radius 3 is 2.65 bits per heavy atom. The van der Waals surface area contributed by atoms with Gasteiger partial charge in [0.15, 0.2) is 0 Å². The first-order chi connectivity index (χ1) is 10.9. The molecule has 0 aliphatic rings. The van der Waals surface area contributed by atoms with Crippen LogP contribution in [0.2, 0.25) is 0 Å². The molecule has 0 aliphatic carbocycles. The van der Waals surface area contributed by atoms with Gasteiger partial charge in [0.2, 0.25) is 5.91 Å².